The molecule has 130 valence electrons. The number of sulfone groups is 1. The zero-order chi connectivity index (χ0) is 17.3. The molecule has 0 aliphatic carbocycles. The van der Waals surface area contributed by atoms with Crippen LogP contribution in [0, 0.1) is 0 Å². The van der Waals surface area contributed by atoms with Gasteiger partial charge in [0.05, 0.1) is 0 Å². The Morgan fingerprint density at radius 1 is 1.35 bits per heavy atom. The molecule has 7 nitrogen and oxygen atoms in total. The lowest BCUT2D eigenvalue weighted by Crippen LogP contribution is -2.44. The van der Waals surface area contributed by atoms with Gasteiger partial charge in [0.1, 0.15) is 11.5 Å². The average Bonchev–Trinajstić information content (AvgIpc) is 2.86. The predicted octanol–water partition coefficient (Wildman–Crippen LogP) is 1.68. The van der Waals surface area contributed by atoms with Crippen molar-refractivity contribution >= 4 is 15.7 Å². The van der Waals surface area contributed by atoms with Gasteiger partial charge in [0, 0.05) is 18.0 Å². The van der Waals surface area contributed by atoms with Crippen LogP contribution in [0.2, 0.25) is 0 Å². The maximum Gasteiger partial charge on any atom is 0.238 e. The third-order valence-corrected chi connectivity index (χ3v) is 5.31. The minimum Gasteiger partial charge on any atom is -0.339 e. The van der Waals surface area contributed by atoms with Gasteiger partial charge in [0.25, 0.3) is 0 Å². The van der Waals surface area contributed by atoms with Crippen molar-refractivity contribution in [1.82, 2.24) is 15.0 Å². The molecular formula is C15H25N3O4S. The summed E-state index contributed by atoms with van der Waals surface area (Å²) in [5, 5.41) is 3.71. The summed E-state index contributed by atoms with van der Waals surface area (Å²) in [5.74, 6) is -0.720. The number of likely N-dealkylation sites (tertiary alicyclic amines) is 1. The van der Waals surface area contributed by atoms with E-state index >= 15 is 0 Å². The van der Waals surface area contributed by atoms with E-state index in [0.29, 0.717) is 12.4 Å². The third-order valence-electron chi connectivity index (χ3n) is 3.93. The molecule has 1 aromatic heterocycles. The summed E-state index contributed by atoms with van der Waals surface area (Å²) in [4.78, 5) is 18.0. The van der Waals surface area contributed by atoms with Gasteiger partial charge in [-0.2, -0.15) is 4.98 Å². The number of piperidine rings is 1. The standard InChI is InChI=1S/C15H25N3O4S/c1-11-7-5-6-8-18(11)13(19)10-23(20,21)9-12-16-14(22-17-12)15(2,3)4/h11H,5-10H2,1-4H3. The van der Waals surface area contributed by atoms with Gasteiger partial charge >= 0.3 is 0 Å². The van der Waals surface area contributed by atoms with Gasteiger partial charge in [-0.3, -0.25) is 4.79 Å². The fourth-order valence-electron chi connectivity index (χ4n) is 2.60. The topological polar surface area (TPSA) is 93.4 Å². The summed E-state index contributed by atoms with van der Waals surface area (Å²) in [7, 11) is -3.61. The summed E-state index contributed by atoms with van der Waals surface area (Å²) < 4.78 is 29.6. The number of carbonyl (C=O) groups is 1. The molecular weight excluding hydrogens is 318 g/mol. The Morgan fingerprint density at radius 2 is 2.04 bits per heavy atom. The lowest BCUT2D eigenvalue weighted by atomic mass is 9.97. The highest BCUT2D eigenvalue weighted by molar-refractivity contribution is 7.91. The molecule has 2 rings (SSSR count). The van der Waals surface area contributed by atoms with Crippen LogP contribution in [0.4, 0.5) is 0 Å². The molecule has 0 bridgehead atoms. The number of amides is 1. The van der Waals surface area contributed by atoms with E-state index in [-0.39, 0.29) is 28.9 Å². The number of carbonyl (C=O) groups excluding carboxylic acids is 1. The van der Waals surface area contributed by atoms with Crippen LogP contribution in [0.25, 0.3) is 0 Å². The van der Waals surface area contributed by atoms with Crippen molar-refractivity contribution in [3.63, 3.8) is 0 Å². The molecule has 1 fully saturated rings. The van der Waals surface area contributed by atoms with Crippen LogP contribution >= 0.6 is 0 Å². The zero-order valence-corrected chi connectivity index (χ0v) is 15.0. The van der Waals surface area contributed by atoms with Crippen LogP contribution in [0.5, 0.6) is 0 Å². The minimum atomic E-state index is -3.61. The maximum absolute atomic E-state index is 12.3. The van der Waals surface area contributed by atoms with Crippen molar-refractivity contribution in [2.75, 3.05) is 12.3 Å². The molecule has 23 heavy (non-hydrogen) atoms. The number of hydrogen-bond donors (Lipinski definition) is 0. The first-order chi connectivity index (χ1) is 10.6. The van der Waals surface area contributed by atoms with Gasteiger partial charge in [0.2, 0.25) is 11.8 Å². The molecule has 0 spiro atoms. The molecule has 1 amide bonds. The maximum atomic E-state index is 12.3. The van der Waals surface area contributed by atoms with Crippen LogP contribution in [0.1, 0.15) is 58.7 Å². The summed E-state index contributed by atoms with van der Waals surface area (Å²) in [6.45, 7) is 8.30. The van der Waals surface area contributed by atoms with E-state index in [1.54, 1.807) is 4.90 Å². The summed E-state index contributed by atoms with van der Waals surface area (Å²) >= 11 is 0. The predicted molar refractivity (Wildman–Crippen MR) is 85.5 cm³/mol. The molecule has 8 heteroatoms. The van der Waals surface area contributed by atoms with Gasteiger partial charge in [-0.15, -0.1) is 0 Å². The highest BCUT2D eigenvalue weighted by Gasteiger charge is 2.29. The van der Waals surface area contributed by atoms with E-state index in [9.17, 15) is 13.2 Å². The Morgan fingerprint density at radius 3 is 2.61 bits per heavy atom. The summed E-state index contributed by atoms with van der Waals surface area (Å²) in [6, 6.07) is 0.101. The molecule has 1 atom stereocenters. The van der Waals surface area contributed by atoms with Crippen LogP contribution in [-0.4, -0.2) is 47.7 Å². The number of hydrogen-bond acceptors (Lipinski definition) is 6. The zero-order valence-electron chi connectivity index (χ0n) is 14.2. The second-order valence-electron chi connectivity index (χ2n) is 7.23. The largest absolute Gasteiger partial charge is 0.339 e. The van der Waals surface area contributed by atoms with Gasteiger partial charge in [-0.05, 0) is 26.2 Å². The van der Waals surface area contributed by atoms with Crippen molar-refractivity contribution < 1.29 is 17.7 Å². The van der Waals surface area contributed by atoms with Crippen LogP contribution in [-0.2, 0) is 25.8 Å². The lowest BCUT2D eigenvalue weighted by Gasteiger charge is -2.33. The number of nitrogens with zero attached hydrogens (tertiary/aromatic N) is 3. The fraction of sp³-hybridized carbons (Fsp3) is 0.800. The molecule has 0 radical (unpaired) electrons. The number of aromatic nitrogens is 2. The van der Waals surface area contributed by atoms with E-state index < -0.39 is 15.6 Å². The highest BCUT2D eigenvalue weighted by atomic mass is 32.2. The monoisotopic (exact) mass is 343 g/mol. The number of rotatable bonds is 4. The Kier molecular flexibility index (Phi) is 5.13. The molecule has 0 saturated carbocycles. The van der Waals surface area contributed by atoms with E-state index in [0.717, 1.165) is 19.3 Å². The first kappa shape index (κ1) is 17.9. The Labute approximate surface area is 137 Å². The third kappa shape index (κ3) is 4.76. The van der Waals surface area contributed by atoms with Gasteiger partial charge in [0.15, 0.2) is 15.7 Å². The van der Waals surface area contributed by atoms with Crippen molar-refractivity contribution in [3.8, 4) is 0 Å². The van der Waals surface area contributed by atoms with E-state index in [2.05, 4.69) is 10.1 Å². The van der Waals surface area contributed by atoms with Crippen molar-refractivity contribution in [2.24, 2.45) is 0 Å². The Bertz CT molecular complexity index is 661. The van der Waals surface area contributed by atoms with E-state index in [4.69, 9.17) is 4.52 Å². The fourth-order valence-corrected chi connectivity index (χ4v) is 3.76. The van der Waals surface area contributed by atoms with Gasteiger partial charge in [-0.1, -0.05) is 25.9 Å². The molecule has 1 unspecified atom stereocenters. The molecule has 0 aromatic carbocycles. The second-order valence-corrected chi connectivity index (χ2v) is 9.29. The van der Waals surface area contributed by atoms with Crippen LogP contribution < -0.4 is 0 Å². The second kappa shape index (κ2) is 6.59. The van der Waals surface area contributed by atoms with Crippen LogP contribution in [0.15, 0.2) is 4.52 Å². The molecule has 1 saturated heterocycles. The first-order valence-electron chi connectivity index (χ1n) is 7.91. The van der Waals surface area contributed by atoms with Crippen LogP contribution in [0.3, 0.4) is 0 Å². The molecule has 0 N–H and O–H groups in total. The minimum absolute atomic E-state index is 0.101. The first-order valence-corrected chi connectivity index (χ1v) is 9.73. The highest BCUT2D eigenvalue weighted by Crippen LogP contribution is 2.21. The average molecular weight is 343 g/mol. The smallest absolute Gasteiger partial charge is 0.238 e. The molecule has 1 aliphatic heterocycles. The van der Waals surface area contributed by atoms with Crippen molar-refractivity contribution in [1.29, 1.82) is 0 Å². The summed E-state index contributed by atoms with van der Waals surface area (Å²) in [5.41, 5.74) is -0.339. The van der Waals surface area contributed by atoms with Crippen molar-refractivity contribution in [3.05, 3.63) is 11.7 Å². The van der Waals surface area contributed by atoms with Gasteiger partial charge < -0.3 is 9.42 Å². The summed E-state index contributed by atoms with van der Waals surface area (Å²) in [6.07, 6.45) is 2.93. The Balaban J connectivity index is 2.01. The van der Waals surface area contributed by atoms with E-state index in [1.807, 2.05) is 27.7 Å². The normalized spacial score (nSPS) is 19.8. The van der Waals surface area contributed by atoms with Crippen molar-refractivity contribution in [2.45, 2.75) is 64.2 Å². The molecule has 1 aliphatic rings. The Hall–Kier alpha value is -1.44. The quantitative estimate of drug-likeness (QED) is 0.826. The SMILES string of the molecule is CC1CCCCN1C(=O)CS(=O)(=O)Cc1noc(C(C)(C)C)n1. The molecule has 1 aromatic rings. The van der Waals surface area contributed by atoms with E-state index in [1.165, 1.54) is 0 Å². The molecule has 2 heterocycles. The van der Waals surface area contributed by atoms with Gasteiger partial charge in [-0.25, -0.2) is 8.42 Å². The lowest BCUT2D eigenvalue weighted by molar-refractivity contribution is -0.131.